The van der Waals surface area contributed by atoms with Gasteiger partial charge < -0.3 is 15.2 Å². The van der Waals surface area contributed by atoms with Gasteiger partial charge in [0, 0.05) is 31.5 Å². The molecule has 1 aromatic heterocycles. The molecule has 1 atom stereocenters. The van der Waals surface area contributed by atoms with E-state index in [0.29, 0.717) is 24.3 Å². The quantitative estimate of drug-likeness (QED) is 0.294. The summed E-state index contributed by atoms with van der Waals surface area (Å²) in [5, 5.41) is 12.4. The molecule has 172 valence electrons. The van der Waals surface area contributed by atoms with Gasteiger partial charge in [0.25, 0.3) is 0 Å². The van der Waals surface area contributed by atoms with E-state index in [1.807, 2.05) is 19.1 Å². The molecule has 1 aromatic carbocycles. The number of methoxy groups -OCH3 is 1. The zero-order chi connectivity index (χ0) is 23.3. The van der Waals surface area contributed by atoms with Gasteiger partial charge in [-0.1, -0.05) is 12.1 Å². The molecule has 2 rings (SSSR count). The van der Waals surface area contributed by atoms with Crippen molar-refractivity contribution in [2.24, 2.45) is 0 Å². The van der Waals surface area contributed by atoms with Crippen LogP contribution in [0.1, 0.15) is 49.1 Å². The molecule has 0 spiro atoms. The van der Waals surface area contributed by atoms with Crippen LogP contribution >= 0.6 is 0 Å². The summed E-state index contributed by atoms with van der Waals surface area (Å²) in [5.41, 5.74) is 6.59. The summed E-state index contributed by atoms with van der Waals surface area (Å²) >= 11 is 0. The number of carbonyl (C=O) groups excluding carboxylic acids is 2. The minimum Gasteiger partial charge on any atom is -0.497 e. The molecule has 2 aromatic rings. The first-order chi connectivity index (χ1) is 15.4. The summed E-state index contributed by atoms with van der Waals surface area (Å²) in [4.78, 5) is 39.6. The number of rotatable bonds is 12. The molecule has 0 aliphatic rings. The standard InChI is InChI=1S/C23H30N4O5/c1-16-10-12-25-20(13-16)24-11-4-3-5-21(28)26-27-22(29)14-18(15-23(30)31)17-6-8-19(32-2)9-7-17/h6-10,12-13,18H,3-5,11,14-15H2,1-2H3,(H,24,25)(H,26,28)(H,27,29)(H,30,31). The van der Waals surface area contributed by atoms with E-state index in [-0.39, 0.29) is 25.2 Å². The van der Waals surface area contributed by atoms with Crippen molar-refractivity contribution in [2.45, 2.75) is 44.9 Å². The average molecular weight is 443 g/mol. The summed E-state index contributed by atoms with van der Waals surface area (Å²) in [5.74, 6) is -0.827. The Morgan fingerprint density at radius 3 is 2.41 bits per heavy atom. The number of ether oxygens (including phenoxy) is 1. The number of aryl methyl sites for hydroxylation is 1. The number of amides is 2. The number of carboxylic acid groups (broad SMARTS) is 1. The van der Waals surface area contributed by atoms with Gasteiger partial charge in [-0.05, 0) is 55.2 Å². The van der Waals surface area contributed by atoms with Gasteiger partial charge in [0.2, 0.25) is 11.8 Å². The van der Waals surface area contributed by atoms with Crippen molar-refractivity contribution in [3.05, 3.63) is 53.7 Å². The zero-order valence-electron chi connectivity index (χ0n) is 18.4. The SMILES string of the molecule is COc1ccc(C(CC(=O)O)CC(=O)NNC(=O)CCCCNc2cc(C)ccn2)cc1. The molecule has 1 unspecified atom stereocenters. The smallest absolute Gasteiger partial charge is 0.303 e. The second-order valence-electron chi connectivity index (χ2n) is 7.47. The molecule has 9 nitrogen and oxygen atoms in total. The fraction of sp³-hybridized carbons (Fsp3) is 0.391. The van der Waals surface area contributed by atoms with Crippen LogP contribution in [0.25, 0.3) is 0 Å². The van der Waals surface area contributed by atoms with Gasteiger partial charge in [0.1, 0.15) is 11.6 Å². The number of hydrogen-bond donors (Lipinski definition) is 4. The number of pyridine rings is 1. The number of hydrazine groups is 1. The number of benzene rings is 1. The minimum absolute atomic E-state index is 0.0632. The molecule has 32 heavy (non-hydrogen) atoms. The lowest BCUT2D eigenvalue weighted by Crippen LogP contribution is -2.42. The van der Waals surface area contributed by atoms with E-state index in [4.69, 9.17) is 9.84 Å². The van der Waals surface area contributed by atoms with Gasteiger partial charge in [-0.2, -0.15) is 0 Å². The summed E-state index contributed by atoms with van der Waals surface area (Å²) in [7, 11) is 1.54. The predicted octanol–water partition coefficient (Wildman–Crippen LogP) is 2.78. The fourth-order valence-electron chi connectivity index (χ4n) is 3.13. The molecular weight excluding hydrogens is 412 g/mol. The first kappa shape index (κ1) is 24.6. The molecule has 0 radical (unpaired) electrons. The van der Waals surface area contributed by atoms with Crippen LogP contribution in [0, 0.1) is 6.92 Å². The number of carboxylic acids is 1. The Hall–Kier alpha value is -3.62. The Kier molecular flexibility index (Phi) is 9.96. The van der Waals surface area contributed by atoms with Crippen LogP contribution in [-0.4, -0.2) is 41.5 Å². The van der Waals surface area contributed by atoms with Crippen molar-refractivity contribution < 1.29 is 24.2 Å². The number of nitrogens with one attached hydrogen (secondary N) is 3. The molecule has 0 bridgehead atoms. The van der Waals surface area contributed by atoms with E-state index in [0.717, 1.165) is 17.8 Å². The molecule has 0 saturated carbocycles. The molecule has 2 amide bonds. The van der Waals surface area contributed by atoms with E-state index < -0.39 is 17.8 Å². The normalized spacial score (nSPS) is 11.3. The van der Waals surface area contributed by atoms with Crippen LogP contribution in [0.5, 0.6) is 5.75 Å². The number of nitrogens with zero attached hydrogens (tertiary/aromatic N) is 1. The maximum atomic E-state index is 12.2. The van der Waals surface area contributed by atoms with E-state index >= 15 is 0 Å². The molecule has 0 fully saturated rings. The highest BCUT2D eigenvalue weighted by Gasteiger charge is 2.20. The Morgan fingerprint density at radius 2 is 1.75 bits per heavy atom. The summed E-state index contributed by atoms with van der Waals surface area (Å²) in [6.07, 6.45) is 3.16. The molecule has 0 aliphatic carbocycles. The van der Waals surface area contributed by atoms with E-state index in [1.165, 1.54) is 7.11 Å². The van der Waals surface area contributed by atoms with Gasteiger partial charge in [0.15, 0.2) is 0 Å². The maximum absolute atomic E-state index is 12.2. The van der Waals surface area contributed by atoms with Gasteiger partial charge >= 0.3 is 5.97 Å². The fourth-order valence-corrected chi connectivity index (χ4v) is 3.13. The first-order valence-electron chi connectivity index (χ1n) is 10.5. The molecular formula is C23H30N4O5. The Bertz CT molecular complexity index is 902. The molecule has 1 heterocycles. The van der Waals surface area contributed by atoms with E-state index in [1.54, 1.807) is 30.5 Å². The molecule has 9 heteroatoms. The number of anilines is 1. The van der Waals surface area contributed by atoms with Gasteiger partial charge in [-0.3, -0.25) is 25.2 Å². The van der Waals surface area contributed by atoms with Crippen LogP contribution in [0.4, 0.5) is 5.82 Å². The highest BCUT2D eigenvalue weighted by Crippen LogP contribution is 2.25. The summed E-state index contributed by atoms with van der Waals surface area (Å²) in [6, 6.07) is 10.8. The topological polar surface area (TPSA) is 130 Å². The van der Waals surface area contributed by atoms with E-state index in [2.05, 4.69) is 21.2 Å². The van der Waals surface area contributed by atoms with Crippen molar-refractivity contribution in [3.63, 3.8) is 0 Å². The Labute approximate surface area is 187 Å². The molecule has 0 aliphatic heterocycles. The van der Waals surface area contributed by atoms with Gasteiger partial charge in [0.05, 0.1) is 13.5 Å². The second-order valence-corrected chi connectivity index (χ2v) is 7.47. The first-order valence-corrected chi connectivity index (χ1v) is 10.5. The monoisotopic (exact) mass is 442 g/mol. The lowest BCUT2D eigenvalue weighted by Gasteiger charge is -2.16. The largest absolute Gasteiger partial charge is 0.497 e. The van der Waals surface area contributed by atoms with Crippen LogP contribution < -0.4 is 20.9 Å². The Morgan fingerprint density at radius 1 is 1.03 bits per heavy atom. The number of unbranched alkanes of at least 4 members (excludes halogenated alkanes) is 1. The lowest BCUT2D eigenvalue weighted by atomic mass is 9.92. The van der Waals surface area contributed by atoms with Crippen molar-refractivity contribution in [2.75, 3.05) is 19.0 Å². The highest BCUT2D eigenvalue weighted by atomic mass is 16.5. The number of carbonyl (C=O) groups is 3. The third kappa shape index (κ3) is 9.03. The predicted molar refractivity (Wildman–Crippen MR) is 120 cm³/mol. The van der Waals surface area contributed by atoms with E-state index in [9.17, 15) is 14.4 Å². The minimum atomic E-state index is -1.00. The van der Waals surface area contributed by atoms with Crippen molar-refractivity contribution in [1.29, 1.82) is 0 Å². The third-order valence-corrected chi connectivity index (χ3v) is 4.83. The second kappa shape index (κ2) is 12.9. The zero-order valence-corrected chi connectivity index (χ0v) is 18.4. The lowest BCUT2D eigenvalue weighted by molar-refractivity contribution is -0.137. The van der Waals surface area contributed by atoms with Crippen LogP contribution in [0.2, 0.25) is 0 Å². The summed E-state index contributed by atoms with van der Waals surface area (Å²) in [6.45, 7) is 2.68. The number of aromatic nitrogens is 1. The third-order valence-electron chi connectivity index (χ3n) is 4.83. The van der Waals surface area contributed by atoms with Crippen molar-refractivity contribution in [3.8, 4) is 5.75 Å². The van der Waals surface area contributed by atoms with Crippen molar-refractivity contribution in [1.82, 2.24) is 15.8 Å². The van der Waals surface area contributed by atoms with Gasteiger partial charge in [-0.25, -0.2) is 4.98 Å². The number of hydrogen-bond acceptors (Lipinski definition) is 6. The Balaban J connectivity index is 1.70. The highest BCUT2D eigenvalue weighted by molar-refractivity contribution is 5.82. The molecule has 0 saturated heterocycles. The number of aliphatic carboxylic acids is 1. The average Bonchev–Trinajstić information content (AvgIpc) is 2.77. The molecule has 4 N–H and O–H groups in total. The van der Waals surface area contributed by atoms with Crippen LogP contribution in [0.15, 0.2) is 42.6 Å². The van der Waals surface area contributed by atoms with Crippen molar-refractivity contribution >= 4 is 23.6 Å². The maximum Gasteiger partial charge on any atom is 0.303 e. The summed E-state index contributed by atoms with van der Waals surface area (Å²) < 4.78 is 5.10. The van der Waals surface area contributed by atoms with Crippen LogP contribution in [-0.2, 0) is 14.4 Å². The van der Waals surface area contributed by atoms with Gasteiger partial charge in [-0.15, -0.1) is 0 Å². The van der Waals surface area contributed by atoms with Crippen LogP contribution in [0.3, 0.4) is 0 Å².